The van der Waals surface area contributed by atoms with E-state index in [1.54, 1.807) is 0 Å². The number of hydrogen-bond acceptors (Lipinski definition) is 0. The largest absolute Gasteiger partial charge is 3.00 e. The van der Waals surface area contributed by atoms with Crippen LogP contribution in [0.3, 0.4) is 0 Å². The van der Waals surface area contributed by atoms with Crippen molar-refractivity contribution in [1.29, 1.82) is 0 Å². The molecule has 0 aliphatic heterocycles. The minimum Gasteiger partial charge on any atom is -2.00 e. The maximum Gasteiger partial charge on any atom is 3.00 e. The van der Waals surface area contributed by atoms with E-state index >= 15 is 0 Å². The molecule has 0 heterocycles. The fourth-order valence-corrected chi connectivity index (χ4v) is 0. The number of hydrogen-bond donors (Lipinski definition) is 0. The standard InChI is InChI=1S/2Al.H2O.3S/h;;1H2;;;/q2*+3;;3*-2. The van der Waals surface area contributed by atoms with Gasteiger partial charge in [0.25, 0.3) is 0 Å². The van der Waals surface area contributed by atoms with Gasteiger partial charge in [-0.25, -0.2) is 0 Å². The summed E-state index contributed by atoms with van der Waals surface area (Å²) in [5.41, 5.74) is 0. The van der Waals surface area contributed by atoms with Gasteiger partial charge < -0.3 is 46.0 Å². The molecule has 0 radical (unpaired) electrons. The molecule has 6 heavy (non-hydrogen) atoms. The Balaban J connectivity index is 0. The molecule has 0 saturated heterocycles. The third-order valence-electron chi connectivity index (χ3n) is 0. The molecule has 6 heteroatoms. The quantitative estimate of drug-likeness (QED) is 0.390. The van der Waals surface area contributed by atoms with Crippen molar-refractivity contribution >= 4 is 75.2 Å². The van der Waals surface area contributed by atoms with Gasteiger partial charge in [-0.2, -0.15) is 0 Å². The van der Waals surface area contributed by atoms with Crippen LogP contribution in [0.2, 0.25) is 0 Å². The van der Waals surface area contributed by atoms with E-state index in [0.29, 0.717) is 0 Å². The molecular weight excluding hydrogens is 166 g/mol. The van der Waals surface area contributed by atoms with Gasteiger partial charge in [0.1, 0.15) is 0 Å². The van der Waals surface area contributed by atoms with E-state index in [9.17, 15) is 0 Å². The Bertz CT molecular complexity index is 8.75. The summed E-state index contributed by atoms with van der Waals surface area (Å²) >= 11 is 0. The average molecular weight is 168 g/mol. The summed E-state index contributed by atoms with van der Waals surface area (Å²) in [6.07, 6.45) is 0. The summed E-state index contributed by atoms with van der Waals surface area (Å²) in [5, 5.41) is 0. The minimum absolute atomic E-state index is 0. The monoisotopic (exact) mass is 168 g/mol. The molecule has 0 aliphatic rings. The zero-order chi connectivity index (χ0) is 0. The van der Waals surface area contributed by atoms with Gasteiger partial charge in [0.15, 0.2) is 0 Å². The molecule has 0 saturated carbocycles. The Hall–Kier alpha value is 2.07. The van der Waals surface area contributed by atoms with Gasteiger partial charge in [-0.1, -0.05) is 0 Å². The van der Waals surface area contributed by atoms with Crippen LogP contribution < -0.4 is 0 Å². The Morgan fingerprint density at radius 3 is 0.500 bits per heavy atom. The fourth-order valence-electron chi connectivity index (χ4n) is 0. The first-order valence-corrected chi connectivity index (χ1v) is 0. The van der Waals surface area contributed by atoms with E-state index in [-0.39, 0.29) is 80.7 Å². The van der Waals surface area contributed by atoms with Gasteiger partial charge >= 0.3 is 34.7 Å². The zero-order valence-corrected chi connectivity index (χ0v) is 7.64. The maximum atomic E-state index is 0. The van der Waals surface area contributed by atoms with Gasteiger partial charge in [-0.3, -0.25) is 0 Å². The molecule has 0 unspecified atom stereocenters. The second-order valence-electron chi connectivity index (χ2n) is 0. The third kappa shape index (κ3) is 36.3. The second-order valence-corrected chi connectivity index (χ2v) is 0. The van der Waals surface area contributed by atoms with E-state index in [1.165, 1.54) is 0 Å². The Morgan fingerprint density at radius 1 is 0.500 bits per heavy atom. The molecule has 0 spiro atoms. The summed E-state index contributed by atoms with van der Waals surface area (Å²) in [7, 11) is 0. The van der Waals surface area contributed by atoms with E-state index in [0.717, 1.165) is 0 Å². The molecule has 0 aromatic carbocycles. The Labute approximate surface area is 80.2 Å². The molecule has 0 aromatic heterocycles. The van der Waals surface area contributed by atoms with Crippen LogP contribution in [0.15, 0.2) is 0 Å². The van der Waals surface area contributed by atoms with Crippen molar-refractivity contribution in [3.8, 4) is 0 Å². The van der Waals surface area contributed by atoms with Crippen molar-refractivity contribution < 1.29 is 5.48 Å². The van der Waals surface area contributed by atoms with E-state index in [2.05, 4.69) is 0 Å². The first-order chi connectivity index (χ1) is 0. The van der Waals surface area contributed by atoms with Crippen molar-refractivity contribution in [2.45, 2.75) is 0 Å². The van der Waals surface area contributed by atoms with Crippen LogP contribution in [0.1, 0.15) is 0 Å². The maximum absolute atomic E-state index is 0. The number of rotatable bonds is 0. The summed E-state index contributed by atoms with van der Waals surface area (Å²) in [4.78, 5) is 0. The van der Waals surface area contributed by atoms with Crippen molar-refractivity contribution in [1.82, 2.24) is 0 Å². The van der Waals surface area contributed by atoms with Crippen LogP contribution in [-0.4, -0.2) is 40.2 Å². The van der Waals surface area contributed by atoms with Crippen molar-refractivity contribution in [3.63, 3.8) is 0 Å². The molecular formula is H2Al2OS3. The smallest absolute Gasteiger partial charge is 2.00 e. The van der Waals surface area contributed by atoms with Gasteiger partial charge in [0.2, 0.25) is 0 Å². The van der Waals surface area contributed by atoms with Crippen LogP contribution in [0, 0.1) is 0 Å². The Morgan fingerprint density at radius 2 is 0.500 bits per heavy atom. The van der Waals surface area contributed by atoms with Crippen LogP contribution >= 0.6 is 0 Å². The van der Waals surface area contributed by atoms with Crippen molar-refractivity contribution in [2.75, 3.05) is 0 Å². The Kier molecular flexibility index (Phi) is 949. The predicted molar refractivity (Wildman–Crippen MR) is 37.2 cm³/mol. The molecule has 0 fully saturated rings. The first kappa shape index (κ1) is 93.9. The van der Waals surface area contributed by atoms with Crippen molar-refractivity contribution in [3.05, 3.63) is 0 Å². The molecule has 1 nitrogen and oxygen atoms in total. The molecule has 0 amide bonds. The average Bonchev–Trinajstić information content (AvgIpc) is 0. The molecule has 0 atom stereocenters. The van der Waals surface area contributed by atoms with Crippen LogP contribution in [0.5, 0.6) is 0 Å². The predicted octanol–water partition coefficient (Wildman–Crippen LogP) is -1.59. The summed E-state index contributed by atoms with van der Waals surface area (Å²) in [6, 6.07) is 0. The molecule has 0 rings (SSSR count). The molecule has 0 aliphatic carbocycles. The topological polar surface area (TPSA) is 31.5 Å². The van der Waals surface area contributed by atoms with E-state index in [1.807, 2.05) is 0 Å². The second kappa shape index (κ2) is 60.6. The van der Waals surface area contributed by atoms with Crippen molar-refractivity contribution in [2.24, 2.45) is 0 Å². The first-order valence-electron chi connectivity index (χ1n) is 0. The van der Waals surface area contributed by atoms with Gasteiger partial charge in [-0.05, 0) is 0 Å². The molecule has 32 valence electrons. The molecule has 0 bridgehead atoms. The fraction of sp³-hybridized carbons (Fsp3) is 0. The van der Waals surface area contributed by atoms with Gasteiger partial charge in [0.05, 0.1) is 0 Å². The summed E-state index contributed by atoms with van der Waals surface area (Å²) < 4.78 is 0. The summed E-state index contributed by atoms with van der Waals surface area (Å²) in [5.74, 6) is 0. The van der Waals surface area contributed by atoms with Gasteiger partial charge in [0, 0.05) is 0 Å². The van der Waals surface area contributed by atoms with E-state index in [4.69, 9.17) is 0 Å². The van der Waals surface area contributed by atoms with Gasteiger partial charge in [-0.15, -0.1) is 0 Å². The van der Waals surface area contributed by atoms with Crippen LogP contribution in [0.4, 0.5) is 0 Å². The van der Waals surface area contributed by atoms with Crippen LogP contribution in [-0.2, 0) is 40.5 Å². The van der Waals surface area contributed by atoms with Crippen LogP contribution in [0.25, 0.3) is 0 Å². The summed E-state index contributed by atoms with van der Waals surface area (Å²) in [6.45, 7) is 0. The molecule has 2 N–H and O–H groups in total. The SMILES string of the molecule is O.[Al+3].[Al+3].[S-2].[S-2].[S-2]. The zero-order valence-electron chi connectivity index (χ0n) is 2.88. The molecule has 0 aromatic rings. The normalized spacial score (nSPS) is 0. The third-order valence-corrected chi connectivity index (χ3v) is 0. The minimum atomic E-state index is 0. The van der Waals surface area contributed by atoms with E-state index < -0.39 is 0 Å².